The highest BCUT2D eigenvalue weighted by Gasteiger charge is 2.33. The summed E-state index contributed by atoms with van der Waals surface area (Å²) in [6.45, 7) is 12.8. The first-order valence-electron chi connectivity index (χ1n) is 7.44. The van der Waals surface area contributed by atoms with Gasteiger partial charge in [-0.05, 0) is 50.6 Å². The van der Waals surface area contributed by atoms with E-state index in [9.17, 15) is 0 Å². The molecule has 0 heterocycles. The van der Waals surface area contributed by atoms with E-state index in [2.05, 4.69) is 45.0 Å². The number of nitrogens with one attached hydrogen (secondary N) is 1. The Hall–Kier alpha value is -0.0800. The average molecular weight is 240 g/mol. The van der Waals surface area contributed by atoms with Gasteiger partial charge in [0, 0.05) is 19.1 Å². The van der Waals surface area contributed by atoms with Crippen LogP contribution in [-0.2, 0) is 0 Å². The molecule has 1 aliphatic carbocycles. The Morgan fingerprint density at radius 2 is 1.82 bits per heavy atom. The third-order valence-corrected chi connectivity index (χ3v) is 4.31. The lowest BCUT2D eigenvalue weighted by atomic mass is 9.81. The molecule has 2 heteroatoms. The highest BCUT2D eigenvalue weighted by atomic mass is 15.2. The van der Waals surface area contributed by atoms with Crippen LogP contribution >= 0.6 is 0 Å². The third-order valence-electron chi connectivity index (χ3n) is 4.31. The fourth-order valence-corrected chi connectivity index (χ4v) is 2.58. The Morgan fingerprint density at radius 3 is 2.24 bits per heavy atom. The summed E-state index contributed by atoms with van der Waals surface area (Å²) >= 11 is 0. The largest absolute Gasteiger partial charge is 0.316 e. The Kier molecular flexibility index (Phi) is 5.94. The third kappa shape index (κ3) is 4.97. The molecular formula is C15H32N2. The SMILES string of the molecule is CCC(CC)(CNCC(C)C)CN(C)C1CC1. The second kappa shape index (κ2) is 6.75. The van der Waals surface area contributed by atoms with Crippen LogP contribution < -0.4 is 5.32 Å². The highest BCUT2D eigenvalue weighted by molar-refractivity contribution is 4.89. The molecule has 1 rings (SSSR count). The molecule has 0 atom stereocenters. The topological polar surface area (TPSA) is 15.3 Å². The molecule has 0 aromatic rings. The van der Waals surface area contributed by atoms with Crippen LogP contribution in [0.1, 0.15) is 53.4 Å². The van der Waals surface area contributed by atoms with E-state index >= 15 is 0 Å². The van der Waals surface area contributed by atoms with Crippen molar-refractivity contribution in [1.82, 2.24) is 10.2 Å². The van der Waals surface area contributed by atoms with Crippen molar-refractivity contribution in [2.24, 2.45) is 11.3 Å². The maximum Gasteiger partial charge on any atom is 0.00936 e. The van der Waals surface area contributed by atoms with E-state index in [0.717, 1.165) is 18.5 Å². The summed E-state index contributed by atoms with van der Waals surface area (Å²) in [6.07, 6.45) is 5.40. The molecule has 0 aliphatic heterocycles. The number of nitrogens with zero attached hydrogens (tertiary/aromatic N) is 1. The fraction of sp³-hybridized carbons (Fsp3) is 1.00. The molecule has 1 fully saturated rings. The van der Waals surface area contributed by atoms with Crippen LogP contribution in [0, 0.1) is 11.3 Å². The monoisotopic (exact) mass is 240 g/mol. The zero-order valence-electron chi connectivity index (χ0n) is 12.6. The maximum absolute atomic E-state index is 3.67. The molecular weight excluding hydrogens is 208 g/mol. The standard InChI is InChI=1S/C15H32N2/c1-6-15(7-2,11-16-10-13(3)4)12-17(5)14-8-9-14/h13-14,16H,6-12H2,1-5H3. The molecule has 0 spiro atoms. The molecule has 0 radical (unpaired) electrons. The van der Waals surface area contributed by atoms with Gasteiger partial charge in [-0.1, -0.05) is 27.7 Å². The minimum absolute atomic E-state index is 0.478. The van der Waals surface area contributed by atoms with Crippen LogP contribution in [0.15, 0.2) is 0 Å². The van der Waals surface area contributed by atoms with E-state index < -0.39 is 0 Å². The smallest absolute Gasteiger partial charge is 0.00936 e. The van der Waals surface area contributed by atoms with Gasteiger partial charge in [0.05, 0.1) is 0 Å². The van der Waals surface area contributed by atoms with Crippen LogP contribution in [0.4, 0.5) is 0 Å². The predicted octanol–water partition coefficient (Wildman–Crippen LogP) is 3.13. The van der Waals surface area contributed by atoms with E-state index in [1.807, 2.05) is 0 Å². The van der Waals surface area contributed by atoms with Crippen molar-refractivity contribution >= 4 is 0 Å². The van der Waals surface area contributed by atoms with E-state index in [0.29, 0.717) is 5.41 Å². The van der Waals surface area contributed by atoms with Gasteiger partial charge < -0.3 is 10.2 Å². The van der Waals surface area contributed by atoms with Crippen LogP contribution in [0.25, 0.3) is 0 Å². The molecule has 1 saturated carbocycles. The van der Waals surface area contributed by atoms with Gasteiger partial charge in [0.1, 0.15) is 0 Å². The minimum atomic E-state index is 0.478. The highest BCUT2D eigenvalue weighted by Crippen LogP contribution is 2.32. The number of hydrogen-bond donors (Lipinski definition) is 1. The van der Waals surface area contributed by atoms with Crippen molar-refractivity contribution in [3.05, 3.63) is 0 Å². The molecule has 0 saturated heterocycles. The van der Waals surface area contributed by atoms with Crippen LogP contribution in [-0.4, -0.2) is 37.6 Å². The maximum atomic E-state index is 3.67. The summed E-state index contributed by atoms with van der Waals surface area (Å²) in [7, 11) is 2.31. The summed E-state index contributed by atoms with van der Waals surface area (Å²) in [6, 6.07) is 0.887. The Bertz CT molecular complexity index is 205. The number of hydrogen-bond acceptors (Lipinski definition) is 2. The van der Waals surface area contributed by atoms with Gasteiger partial charge in [0.2, 0.25) is 0 Å². The van der Waals surface area contributed by atoms with Gasteiger partial charge in [-0.3, -0.25) is 0 Å². The summed E-state index contributed by atoms with van der Waals surface area (Å²) in [5.41, 5.74) is 0.478. The van der Waals surface area contributed by atoms with Crippen molar-refractivity contribution in [2.75, 3.05) is 26.7 Å². The van der Waals surface area contributed by atoms with E-state index in [1.54, 1.807) is 0 Å². The molecule has 0 bridgehead atoms. The second-order valence-corrected chi connectivity index (χ2v) is 6.38. The Labute approximate surface area is 108 Å². The first-order chi connectivity index (χ1) is 8.03. The fourth-order valence-electron chi connectivity index (χ4n) is 2.58. The summed E-state index contributed by atoms with van der Waals surface area (Å²) in [5.74, 6) is 0.752. The van der Waals surface area contributed by atoms with Crippen LogP contribution in [0.3, 0.4) is 0 Å². The van der Waals surface area contributed by atoms with Crippen molar-refractivity contribution in [1.29, 1.82) is 0 Å². The molecule has 1 aliphatic rings. The molecule has 0 amide bonds. The van der Waals surface area contributed by atoms with Crippen LogP contribution in [0.5, 0.6) is 0 Å². The average Bonchev–Trinajstić information content (AvgIpc) is 3.10. The first kappa shape index (κ1) is 15.0. The first-order valence-corrected chi connectivity index (χ1v) is 7.44. The van der Waals surface area contributed by atoms with Gasteiger partial charge in [-0.15, -0.1) is 0 Å². The van der Waals surface area contributed by atoms with Crippen molar-refractivity contribution in [3.63, 3.8) is 0 Å². The molecule has 17 heavy (non-hydrogen) atoms. The zero-order valence-corrected chi connectivity index (χ0v) is 12.6. The Morgan fingerprint density at radius 1 is 1.24 bits per heavy atom. The van der Waals surface area contributed by atoms with Gasteiger partial charge in [-0.2, -0.15) is 0 Å². The molecule has 102 valence electrons. The van der Waals surface area contributed by atoms with Gasteiger partial charge >= 0.3 is 0 Å². The van der Waals surface area contributed by atoms with Crippen molar-refractivity contribution in [3.8, 4) is 0 Å². The lowest BCUT2D eigenvalue weighted by molar-refractivity contribution is 0.149. The van der Waals surface area contributed by atoms with Gasteiger partial charge in [0.25, 0.3) is 0 Å². The van der Waals surface area contributed by atoms with E-state index in [1.165, 1.54) is 38.8 Å². The molecule has 1 N–H and O–H groups in total. The zero-order chi connectivity index (χ0) is 12.9. The van der Waals surface area contributed by atoms with E-state index in [4.69, 9.17) is 0 Å². The summed E-state index contributed by atoms with van der Waals surface area (Å²) < 4.78 is 0. The van der Waals surface area contributed by atoms with Crippen molar-refractivity contribution < 1.29 is 0 Å². The predicted molar refractivity (Wildman–Crippen MR) is 76.4 cm³/mol. The molecule has 0 aromatic carbocycles. The second-order valence-electron chi connectivity index (χ2n) is 6.38. The lowest BCUT2D eigenvalue weighted by Crippen LogP contribution is -2.43. The van der Waals surface area contributed by atoms with Crippen LogP contribution in [0.2, 0.25) is 0 Å². The molecule has 0 unspecified atom stereocenters. The van der Waals surface area contributed by atoms with Gasteiger partial charge in [0.15, 0.2) is 0 Å². The number of rotatable bonds is 9. The minimum Gasteiger partial charge on any atom is -0.316 e. The molecule has 0 aromatic heterocycles. The quantitative estimate of drug-likeness (QED) is 0.666. The van der Waals surface area contributed by atoms with Gasteiger partial charge in [-0.25, -0.2) is 0 Å². The summed E-state index contributed by atoms with van der Waals surface area (Å²) in [5, 5.41) is 3.67. The van der Waals surface area contributed by atoms with E-state index in [-0.39, 0.29) is 0 Å². The molecule has 2 nitrogen and oxygen atoms in total. The summed E-state index contributed by atoms with van der Waals surface area (Å²) in [4.78, 5) is 2.59. The normalized spacial score (nSPS) is 17.1. The lowest BCUT2D eigenvalue weighted by Gasteiger charge is -2.36. The van der Waals surface area contributed by atoms with Crippen molar-refractivity contribution in [2.45, 2.75) is 59.4 Å². The Balaban J connectivity index is 2.41.